The Balaban J connectivity index is 1.45. The molecular weight excluding hydrogens is 362 g/mol. The molecular formula is C23H25N5O. The van der Waals surface area contributed by atoms with Crippen LogP contribution < -0.4 is 15.4 Å². The van der Waals surface area contributed by atoms with E-state index in [9.17, 15) is 0 Å². The summed E-state index contributed by atoms with van der Waals surface area (Å²) in [6, 6.07) is 16.4. The fourth-order valence-corrected chi connectivity index (χ4v) is 3.14. The van der Waals surface area contributed by atoms with Crippen molar-refractivity contribution < 1.29 is 4.74 Å². The average Bonchev–Trinajstić information content (AvgIpc) is 3.19. The number of nitrogens with zero attached hydrogens (tertiary/aromatic N) is 3. The third-order valence-electron chi connectivity index (χ3n) is 4.58. The molecule has 4 rings (SSSR count). The Morgan fingerprint density at radius 2 is 2.03 bits per heavy atom. The van der Waals surface area contributed by atoms with Gasteiger partial charge in [0.05, 0.1) is 6.54 Å². The van der Waals surface area contributed by atoms with E-state index < -0.39 is 0 Å². The smallest absolute Gasteiger partial charge is 0.161 e. The minimum Gasteiger partial charge on any atom is -0.492 e. The first-order valence-corrected chi connectivity index (χ1v) is 9.87. The van der Waals surface area contributed by atoms with Gasteiger partial charge >= 0.3 is 0 Å². The van der Waals surface area contributed by atoms with E-state index in [0.717, 1.165) is 41.5 Å². The number of benzene rings is 2. The molecule has 0 saturated heterocycles. The van der Waals surface area contributed by atoms with Gasteiger partial charge in [0.15, 0.2) is 5.82 Å². The summed E-state index contributed by atoms with van der Waals surface area (Å²) in [5.74, 6) is 2.22. The summed E-state index contributed by atoms with van der Waals surface area (Å²) in [4.78, 5) is 13.4. The Kier molecular flexibility index (Phi) is 5.81. The third kappa shape index (κ3) is 4.97. The number of anilines is 2. The molecule has 29 heavy (non-hydrogen) atoms. The molecule has 1 aromatic heterocycles. The number of fused-ring (bicyclic) bond motifs is 1. The Morgan fingerprint density at radius 3 is 2.93 bits per heavy atom. The number of aliphatic imine (C=N–C) groups is 1. The second kappa shape index (κ2) is 8.84. The number of hydrogen-bond donors (Lipinski definition) is 2. The summed E-state index contributed by atoms with van der Waals surface area (Å²) < 4.78 is 5.84. The molecule has 0 saturated carbocycles. The summed E-state index contributed by atoms with van der Waals surface area (Å²) in [6.45, 7) is 6.43. The zero-order chi connectivity index (χ0) is 20.1. The van der Waals surface area contributed by atoms with Gasteiger partial charge in [-0.2, -0.15) is 0 Å². The van der Waals surface area contributed by atoms with Crippen LogP contribution in [0.4, 0.5) is 11.5 Å². The van der Waals surface area contributed by atoms with Crippen LogP contribution in [0.25, 0.3) is 11.4 Å². The van der Waals surface area contributed by atoms with E-state index in [0.29, 0.717) is 18.5 Å². The normalized spacial score (nSPS) is 12.2. The van der Waals surface area contributed by atoms with Crippen LogP contribution in [0.1, 0.15) is 25.0 Å². The quantitative estimate of drug-likeness (QED) is 0.567. The highest BCUT2D eigenvalue weighted by atomic mass is 16.5. The predicted octanol–water partition coefficient (Wildman–Crippen LogP) is 4.20. The van der Waals surface area contributed by atoms with Crippen molar-refractivity contribution >= 4 is 17.7 Å². The maximum Gasteiger partial charge on any atom is 0.161 e. The van der Waals surface area contributed by atoms with Gasteiger partial charge in [0.25, 0.3) is 0 Å². The van der Waals surface area contributed by atoms with E-state index in [2.05, 4.69) is 57.6 Å². The molecule has 6 heteroatoms. The van der Waals surface area contributed by atoms with Crippen molar-refractivity contribution in [3.63, 3.8) is 0 Å². The predicted molar refractivity (Wildman–Crippen MR) is 117 cm³/mol. The summed E-state index contributed by atoms with van der Waals surface area (Å²) in [5.41, 5.74) is 4.31. The highest BCUT2D eigenvalue weighted by Gasteiger charge is 2.08. The van der Waals surface area contributed by atoms with Crippen LogP contribution in [0.15, 0.2) is 59.7 Å². The van der Waals surface area contributed by atoms with Crippen LogP contribution in [0.2, 0.25) is 0 Å². The fraction of sp³-hybridized carbons (Fsp3) is 0.261. The Labute approximate surface area is 171 Å². The largest absolute Gasteiger partial charge is 0.492 e. The molecule has 0 radical (unpaired) electrons. The lowest BCUT2D eigenvalue weighted by Crippen LogP contribution is -2.27. The first-order valence-electron chi connectivity index (χ1n) is 9.87. The lowest BCUT2D eigenvalue weighted by molar-refractivity contribution is 0.309. The van der Waals surface area contributed by atoms with E-state index in [1.807, 2.05) is 36.5 Å². The van der Waals surface area contributed by atoms with E-state index in [1.165, 1.54) is 5.56 Å². The highest BCUT2D eigenvalue weighted by Crippen LogP contribution is 2.24. The molecule has 0 aliphatic carbocycles. The number of aromatic nitrogens is 2. The first-order chi connectivity index (χ1) is 14.2. The van der Waals surface area contributed by atoms with Crippen LogP contribution in [0, 0.1) is 0 Å². The monoisotopic (exact) mass is 387 g/mol. The molecule has 1 aliphatic rings. The molecule has 1 aliphatic heterocycles. The summed E-state index contributed by atoms with van der Waals surface area (Å²) in [5, 5.41) is 6.70. The standard InChI is InChI=1S/C23H25N5O/c1-16(2)25-10-11-29-21-5-3-4-17(13-21)23-26-9-8-22(28-23)27-20-7-6-18-14-24-15-19(18)12-20/h3-9,12-13,15-16,25H,10-11,14H2,1-2H3,(H,26,27,28). The lowest BCUT2D eigenvalue weighted by Gasteiger charge is -2.11. The maximum atomic E-state index is 5.84. The topological polar surface area (TPSA) is 71.4 Å². The molecule has 2 N–H and O–H groups in total. The van der Waals surface area contributed by atoms with E-state index in [-0.39, 0.29) is 0 Å². The van der Waals surface area contributed by atoms with Crippen molar-refractivity contribution in [2.24, 2.45) is 4.99 Å². The maximum absolute atomic E-state index is 5.84. The van der Waals surface area contributed by atoms with Crippen LogP contribution in [0.3, 0.4) is 0 Å². The molecule has 0 fully saturated rings. The molecule has 2 heterocycles. The fourth-order valence-electron chi connectivity index (χ4n) is 3.14. The molecule has 0 unspecified atom stereocenters. The number of ether oxygens (including phenoxy) is 1. The van der Waals surface area contributed by atoms with Crippen molar-refractivity contribution in [1.82, 2.24) is 15.3 Å². The average molecular weight is 387 g/mol. The van der Waals surface area contributed by atoms with Gasteiger partial charge in [-0.3, -0.25) is 4.99 Å². The third-order valence-corrected chi connectivity index (χ3v) is 4.58. The molecule has 2 aromatic carbocycles. The zero-order valence-electron chi connectivity index (χ0n) is 16.7. The second-order valence-electron chi connectivity index (χ2n) is 7.26. The lowest BCUT2D eigenvalue weighted by atomic mass is 10.1. The van der Waals surface area contributed by atoms with Gasteiger partial charge in [-0.15, -0.1) is 0 Å². The number of rotatable bonds is 8. The molecule has 148 valence electrons. The summed E-state index contributed by atoms with van der Waals surface area (Å²) in [6.07, 6.45) is 3.67. The van der Waals surface area contributed by atoms with Crippen molar-refractivity contribution in [1.29, 1.82) is 0 Å². The van der Waals surface area contributed by atoms with Crippen molar-refractivity contribution in [3.8, 4) is 17.1 Å². The molecule has 6 nitrogen and oxygen atoms in total. The molecule has 0 amide bonds. The van der Waals surface area contributed by atoms with Gasteiger partial charge in [0.2, 0.25) is 0 Å². The minimum absolute atomic E-state index is 0.450. The number of nitrogens with one attached hydrogen (secondary N) is 2. The Bertz CT molecular complexity index is 1020. The SMILES string of the molecule is CC(C)NCCOc1cccc(-c2nccc(Nc3ccc4c(c3)C=NC4)n2)c1. The van der Waals surface area contributed by atoms with E-state index >= 15 is 0 Å². The van der Waals surface area contributed by atoms with Crippen molar-refractivity contribution in [2.45, 2.75) is 26.4 Å². The van der Waals surface area contributed by atoms with Crippen molar-refractivity contribution in [2.75, 3.05) is 18.5 Å². The van der Waals surface area contributed by atoms with Gasteiger partial charge in [0, 0.05) is 36.2 Å². The van der Waals surface area contributed by atoms with Gasteiger partial charge < -0.3 is 15.4 Å². The van der Waals surface area contributed by atoms with Gasteiger partial charge in [-0.1, -0.05) is 32.0 Å². The van der Waals surface area contributed by atoms with Gasteiger partial charge in [-0.25, -0.2) is 9.97 Å². The summed E-state index contributed by atoms with van der Waals surface area (Å²) in [7, 11) is 0. The van der Waals surface area contributed by atoms with Crippen molar-refractivity contribution in [3.05, 3.63) is 65.9 Å². The second-order valence-corrected chi connectivity index (χ2v) is 7.26. The summed E-state index contributed by atoms with van der Waals surface area (Å²) >= 11 is 0. The molecule has 3 aromatic rings. The van der Waals surface area contributed by atoms with Crippen LogP contribution in [-0.4, -0.2) is 35.4 Å². The first kappa shape index (κ1) is 19.1. The minimum atomic E-state index is 0.450. The van der Waals surface area contributed by atoms with Gasteiger partial charge in [-0.05, 0) is 41.5 Å². The Hall–Kier alpha value is -3.25. The van der Waals surface area contributed by atoms with Crippen LogP contribution >= 0.6 is 0 Å². The van der Waals surface area contributed by atoms with Crippen LogP contribution in [0.5, 0.6) is 5.75 Å². The molecule has 0 spiro atoms. The zero-order valence-corrected chi connectivity index (χ0v) is 16.7. The van der Waals surface area contributed by atoms with E-state index in [1.54, 1.807) is 6.20 Å². The Morgan fingerprint density at radius 1 is 1.10 bits per heavy atom. The van der Waals surface area contributed by atoms with Crippen LogP contribution in [-0.2, 0) is 6.54 Å². The highest BCUT2D eigenvalue weighted by molar-refractivity contribution is 5.86. The molecule has 0 bridgehead atoms. The van der Waals surface area contributed by atoms with E-state index in [4.69, 9.17) is 4.74 Å². The number of hydrogen-bond acceptors (Lipinski definition) is 6. The van der Waals surface area contributed by atoms with Gasteiger partial charge in [0.1, 0.15) is 18.2 Å². The molecule has 0 atom stereocenters.